The molecule has 0 fully saturated rings. The molecule has 0 aromatic heterocycles. The first kappa shape index (κ1) is 24.3. The van der Waals surface area contributed by atoms with Gasteiger partial charge >= 0.3 is 0 Å². The van der Waals surface area contributed by atoms with Gasteiger partial charge in [-0.1, -0.05) is 96.1 Å². The van der Waals surface area contributed by atoms with Crippen LogP contribution >= 0.6 is 0 Å². The minimum absolute atomic E-state index is 0.0997. The summed E-state index contributed by atoms with van der Waals surface area (Å²) in [4.78, 5) is 10.1. The summed E-state index contributed by atoms with van der Waals surface area (Å²) in [6.45, 7) is 12.6. The van der Waals surface area contributed by atoms with Gasteiger partial charge in [-0.2, -0.15) is 0 Å². The fourth-order valence-corrected chi connectivity index (χ4v) is 4.71. The molecule has 0 amide bonds. The maximum absolute atomic E-state index is 5.13. The van der Waals surface area contributed by atoms with Crippen LogP contribution in [0.25, 0.3) is 0 Å². The standard InChI is InChI=1S/C33H34N2/c1-22-17-18-31(34-26(5)27(6)35-33-24(3)19-23(2)20-25(33)4)30(21-22)32(28-13-9-7-10-14-28)29-15-11-8-12-16-29/h7-21,32H,1-6H3. The lowest BCUT2D eigenvalue weighted by molar-refractivity contribution is 0.973. The van der Waals surface area contributed by atoms with Crippen molar-refractivity contribution in [1.82, 2.24) is 0 Å². The third-order valence-electron chi connectivity index (χ3n) is 6.49. The lowest BCUT2D eigenvalue weighted by Crippen LogP contribution is -2.07. The number of nitrogens with zero attached hydrogens (tertiary/aromatic N) is 2. The molecule has 0 aliphatic carbocycles. The van der Waals surface area contributed by atoms with Crippen molar-refractivity contribution in [3.05, 3.63) is 130 Å². The van der Waals surface area contributed by atoms with Gasteiger partial charge in [-0.05, 0) is 75.4 Å². The topological polar surface area (TPSA) is 24.7 Å². The van der Waals surface area contributed by atoms with E-state index in [1.54, 1.807) is 0 Å². The fourth-order valence-electron chi connectivity index (χ4n) is 4.71. The van der Waals surface area contributed by atoms with Gasteiger partial charge in [0.05, 0.1) is 22.8 Å². The van der Waals surface area contributed by atoms with Crippen molar-refractivity contribution >= 4 is 22.8 Å². The second kappa shape index (κ2) is 10.7. The summed E-state index contributed by atoms with van der Waals surface area (Å²) >= 11 is 0. The fraction of sp³-hybridized carbons (Fsp3) is 0.212. The van der Waals surface area contributed by atoms with Crippen LogP contribution in [-0.4, -0.2) is 11.4 Å². The Morgan fingerprint density at radius 3 is 1.63 bits per heavy atom. The molecule has 0 atom stereocenters. The van der Waals surface area contributed by atoms with E-state index < -0.39 is 0 Å². The normalized spacial score (nSPS) is 12.3. The second-order valence-corrected chi connectivity index (χ2v) is 9.46. The van der Waals surface area contributed by atoms with E-state index in [2.05, 4.69) is 133 Å². The zero-order valence-corrected chi connectivity index (χ0v) is 21.6. The largest absolute Gasteiger partial charge is 0.252 e. The molecule has 35 heavy (non-hydrogen) atoms. The Morgan fingerprint density at radius 1 is 0.571 bits per heavy atom. The van der Waals surface area contributed by atoms with Gasteiger partial charge in [0.25, 0.3) is 0 Å². The van der Waals surface area contributed by atoms with Gasteiger partial charge in [0.15, 0.2) is 0 Å². The molecule has 2 nitrogen and oxygen atoms in total. The Kier molecular flexibility index (Phi) is 7.41. The average molecular weight is 459 g/mol. The van der Waals surface area contributed by atoms with Crippen LogP contribution in [0.15, 0.2) is 101 Å². The van der Waals surface area contributed by atoms with E-state index in [0.717, 1.165) is 22.8 Å². The lowest BCUT2D eigenvalue weighted by atomic mass is 9.83. The van der Waals surface area contributed by atoms with Crippen molar-refractivity contribution in [1.29, 1.82) is 0 Å². The van der Waals surface area contributed by atoms with Crippen molar-refractivity contribution in [3.63, 3.8) is 0 Å². The SMILES string of the molecule is CC(=Nc1ccc(C)cc1C(c1ccccc1)c1ccccc1)C(C)=Nc1c(C)cc(C)cc1C. The Hall–Kier alpha value is -3.78. The molecule has 0 heterocycles. The number of aryl methyl sites for hydroxylation is 4. The van der Waals surface area contributed by atoms with Crippen LogP contribution in [0, 0.1) is 27.7 Å². The monoisotopic (exact) mass is 458 g/mol. The van der Waals surface area contributed by atoms with E-state index in [0.29, 0.717) is 0 Å². The molecule has 0 aliphatic rings. The van der Waals surface area contributed by atoms with Crippen LogP contribution < -0.4 is 0 Å². The Labute approximate surface area is 210 Å². The Bertz CT molecular complexity index is 1320. The summed E-state index contributed by atoms with van der Waals surface area (Å²) in [5.74, 6) is 0.0997. The summed E-state index contributed by atoms with van der Waals surface area (Å²) in [6, 6.07) is 32.3. The predicted molar refractivity (Wildman–Crippen MR) is 151 cm³/mol. The van der Waals surface area contributed by atoms with Crippen LogP contribution in [0.5, 0.6) is 0 Å². The van der Waals surface area contributed by atoms with Crippen LogP contribution in [0.4, 0.5) is 11.4 Å². The minimum Gasteiger partial charge on any atom is -0.252 e. The maximum atomic E-state index is 5.13. The van der Waals surface area contributed by atoms with Crippen molar-refractivity contribution in [2.75, 3.05) is 0 Å². The Balaban J connectivity index is 1.82. The lowest BCUT2D eigenvalue weighted by Gasteiger charge is -2.21. The zero-order valence-electron chi connectivity index (χ0n) is 21.6. The summed E-state index contributed by atoms with van der Waals surface area (Å²) in [6.07, 6.45) is 0. The molecule has 4 aromatic carbocycles. The van der Waals surface area contributed by atoms with E-state index in [9.17, 15) is 0 Å². The van der Waals surface area contributed by atoms with Crippen molar-refractivity contribution in [3.8, 4) is 0 Å². The summed E-state index contributed by atoms with van der Waals surface area (Å²) in [5.41, 5.74) is 12.5. The van der Waals surface area contributed by atoms with Gasteiger partial charge in [-0.15, -0.1) is 0 Å². The predicted octanol–water partition coefficient (Wildman–Crippen LogP) is 8.99. The van der Waals surface area contributed by atoms with Crippen LogP contribution in [0.3, 0.4) is 0 Å². The van der Waals surface area contributed by atoms with E-state index in [1.807, 2.05) is 0 Å². The van der Waals surface area contributed by atoms with E-state index >= 15 is 0 Å². The first-order chi connectivity index (χ1) is 16.8. The molecule has 0 spiro atoms. The molecular formula is C33H34N2. The molecule has 4 rings (SSSR count). The van der Waals surface area contributed by atoms with Gasteiger partial charge in [0.2, 0.25) is 0 Å². The highest BCUT2D eigenvalue weighted by Gasteiger charge is 2.20. The number of aliphatic imine (C=N–C) groups is 2. The highest BCUT2D eigenvalue weighted by molar-refractivity contribution is 6.41. The maximum Gasteiger partial charge on any atom is 0.0692 e. The summed E-state index contributed by atoms with van der Waals surface area (Å²) in [7, 11) is 0. The van der Waals surface area contributed by atoms with Crippen molar-refractivity contribution in [2.45, 2.75) is 47.5 Å². The third kappa shape index (κ3) is 5.66. The van der Waals surface area contributed by atoms with Gasteiger partial charge in [-0.3, -0.25) is 9.98 Å². The first-order valence-corrected chi connectivity index (χ1v) is 12.2. The second-order valence-electron chi connectivity index (χ2n) is 9.46. The zero-order chi connectivity index (χ0) is 24.9. The quantitative estimate of drug-likeness (QED) is 0.203. The van der Waals surface area contributed by atoms with E-state index in [1.165, 1.54) is 38.9 Å². The molecule has 0 aliphatic heterocycles. The molecule has 0 unspecified atom stereocenters. The molecule has 0 saturated heterocycles. The number of rotatable bonds is 6. The molecular weight excluding hydrogens is 424 g/mol. The van der Waals surface area contributed by atoms with Gasteiger partial charge in [0.1, 0.15) is 0 Å². The van der Waals surface area contributed by atoms with Crippen LogP contribution in [0.1, 0.15) is 58.7 Å². The van der Waals surface area contributed by atoms with Crippen LogP contribution in [-0.2, 0) is 0 Å². The molecule has 2 heteroatoms. The first-order valence-electron chi connectivity index (χ1n) is 12.2. The minimum atomic E-state index is 0.0997. The Morgan fingerprint density at radius 2 is 1.09 bits per heavy atom. The highest BCUT2D eigenvalue weighted by atomic mass is 14.8. The van der Waals surface area contributed by atoms with E-state index in [-0.39, 0.29) is 5.92 Å². The molecule has 0 radical (unpaired) electrons. The summed E-state index contributed by atoms with van der Waals surface area (Å²) in [5, 5.41) is 0. The number of hydrogen-bond donors (Lipinski definition) is 0. The van der Waals surface area contributed by atoms with Gasteiger partial charge in [0, 0.05) is 5.92 Å². The molecule has 176 valence electrons. The van der Waals surface area contributed by atoms with Gasteiger partial charge < -0.3 is 0 Å². The number of hydrogen-bond acceptors (Lipinski definition) is 2. The number of benzene rings is 4. The van der Waals surface area contributed by atoms with Crippen molar-refractivity contribution < 1.29 is 0 Å². The molecule has 0 saturated carbocycles. The molecule has 0 bridgehead atoms. The van der Waals surface area contributed by atoms with Crippen LogP contribution in [0.2, 0.25) is 0 Å². The molecule has 0 N–H and O–H groups in total. The molecule has 4 aromatic rings. The van der Waals surface area contributed by atoms with E-state index in [4.69, 9.17) is 9.98 Å². The summed E-state index contributed by atoms with van der Waals surface area (Å²) < 4.78 is 0. The average Bonchev–Trinajstić information content (AvgIpc) is 2.84. The third-order valence-corrected chi connectivity index (χ3v) is 6.49. The highest BCUT2D eigenvalue weighted by Crippen LogP contribution is 2.38. The smallest absolute Gasteiger partial charge is 0.0692 e. The van der Waals surface area contributed by atoms with Crippen molar-refractivity contribution in [2.24, 2.45) is 9.98 Å². The van der Waals surface area contributed by atoms with Gasteiger partial charge in [-0.25, -0.2) is 0 Å².